The zero-order chi connectivity index (χ0) is 13.8. The molecule has 1 N–H and O–H groups in total. The lowest BCUT2D eigenvalue weighted by molar-refractivity contribution is 0.233. The molecule has 3 heterocycles. The number of sulfonamides is 1. The van der Waals surface area contributed by atoms with Gasteiger partial charge in [0.05, 0.1) is 3.79 Å². The van der Waals surface area contributed by atoms with Crippen molar-refractivity contribution in [3.8, 4) is 0 Å². The second kappa shape index (κ2) is 4.53. The van der Waals surface area contributed by atoms with E-state index in [1.807, 2.05) is 13.8 Å². The Morgan fingerprint density at radius 1 is 1.42 bits per heavy atom. The lowest BCUT2D eigenvalue weighted by Gasteiger charge is -2.34. The highest BCUT2D eigenvalue weighted by atomic mass is 79.9. The van der Waals surface area contributed by atoms with Gasteiger partial charge in [0.25, 0.3) is 10.0 Å². The summed E-state index contributed by atoms with van der Waals surface area (Å²) in [4.78, 5) is 0. The van der Waals surface area contributed by atoms with Gasteiger partial charge in [-0.3, -0.25) is 0 Å². The van der Waals surface area contributed by atoms with Crippen LogP contribution < -0.4 is 5.32 Å². The van der Waals surface area contributed by atoms with E-state index in [1.165, 1.54) is 11.3 Å². The van der Waals surface area contributed by atoms with E-state index in [-0.39, 0.29) is 5.54 Å². The van der Waals surface area contributed by atoms with Gasteiger partial charge in [0.2, 0.25) is 0 Å². The third kappa shape index (κ3) is 2.10. The van der Waals surface area contributed by atoms with Gasteiger partial charge in [0, 0.05) is 18.6 Å². The summed E-state index contributed by atoms with van der Waals surface area (Å²) < 4.78 is 28.6. The van der Waals surface area contributed by atoms with Crippen LogP contribution in [-0.4, -0.2) is 37.9 Å². The second-order valence-corrected chi connectivity index (χ2v) is 10.3. The van der Waals surface area contributed by atoms with E-state index in [1.54, 1.807) is 16.4 Å². The molecule has 3 rings (SSSR count). The molecular weight excluding hydrogens is 348 g/mol. The maximum Gasteiger partial charge on any atom is 0.253 e. The fourth-order valence-electron chi connectivity index (χ4n) is 3.34. The highest BCUT2D eigenvalue weighted by Gasteiger charge is 2.54. The molecular formula is C12H17BrN2O2S2. The van der Waals surface area contributed by atoms with E-state index in [0.29, 0.717) is 22.6 Å². The van der Waals surface area contributed by atoms with Crippen molar-refractivity contribution in [3.05, 3.63) is 15.9 Å². The van der Waals surface area contributed by atoms with Crippen molar-refractivity contribution in [3.63, 3.8) is 0 Å². The van der Waals surface area contributed by atoms with E-state index in [0.717, 1.165) is 16.9 Å². The van der Waals surface area contributed by atoms with Crippen molar-refractivity contribution in [1.29, 1.82) is 0 Å². The minimum Gasteiger partial charge on any atom is -0.316 e. The van der Waals surface area contributed by atoms with Crippen molar-refractivity contribution in [1.82, 2.24) is 9.62 Å². The lowest BCUT2D eigenvalue weighted by Crippen LogP contribution is -2.47. The first-order chi connectivity index (χ1) is 8.83. The predicted molar refractivity (Wildman–Crippen MR) is 79.8 cm³/mol. The zero-order valence-corrected chi connectivity index (χ0v) is 14.1. The van der Waals surface area contributed by atoms with Crippen LogP contribution in [0.25, 0.3) is 0 Å². The Bertz CT molecular complexity index is 597. The highest BCUT2D eigenvalue weighted by molar-refractivity contribution is 9.11. The molecule has 2 saturated heterocycles. The van der Waals surface area contributed by atoms with E-state index in [2.05, 4.69) is 21.2 Å². The third-order valence-electron chi connectivity index (χ3n) is 4.38. The van der Waals surface area contributed by atoms with Gasteiger partial charge in [0.1, 0.15) is 4.21 Å². The smallest absolute Gasteiger partial charge is 0.253 e. The SMILES string of the molecule is CC1(C)C2CNCC2CN1S(=O)(=O)c1ccc(Br)s1. The van der Waals surface area contributed by atoms with Crippen LogP contribution in [0.4, 0.5) is 0 Å². The van der Waals surface area contributed by atoms with Gasteiger partial charge in [-0.2, -0.15) is 4.31 Å². The average Bonchev–Trinajstić information content (AvgIpc) is 2.97. The predicted octanol–water partition coefficient (Wildman–Crippen LogP) is 2.13. The Balaban J connectivity index is 1.98. The van der Waals surface area contributed by atoms with E-state index >= 15 is 0 Å². The summed E-state index contributed by atoms with van der Waals surface area (Å²) in [5, 5.41) is 3.37. The minimum atomic E-state index is -3.37. The molecule has 4 nitrogen and oxygen atoms in total. The minimum absolute atomic E-state index is 0.316. The van der Waals surface area contributed by atoms with Crippen LogP contribution in [0.2, 0.25) is 0 Å². The number of hydrogen-bond donors (Lipinski definition) is 1. The molecule has 1 aromatic heterocycles. The maximum atomic E-state index is 12.8. The first-order valence-electron chi connectivity index (χ1n) is 6.32. The lowest BCUT2D eigenvalue weighted by atomic mass is 9.85. The van der Waals surface area contributed by atoms with Crippen molar-refractivity contribution < 1.29 is 8.42 Å². The van der Waals surface area contributed by atoms with Gasteiger partial charge in [-0.1, -0.05) is 0 Å². The number of rotatable bonds is 2. The van der Waals surface area contributed by atoms with Crippen LogP contribution in [0.1, 0.15) is 13.8 Å². The normalized spacial score (nSPS) is 30.7. The summed E-state index contributed by atoms with van der Waals surface area (Å²) in [6, 6.07) is 3.48. The Morgan fingerprint density at radius 3 is 2.74 bits per heavy atom. The quantitative estimate of drug-likeness (QED) is 0.874. The molecule has 2 unspecified atom stereocenters. The van der Waals surface area contributed by atoms with Crippen LogP contribution in [0.5, 0.6) is 0 Å². The third-order valence-corrected chi connectivity index (χ3v) is 8.53. The molecule has 0 aliphatic carbocycles. The molecule has 106 valence electrons. The van der Waals surface area contributed by atoms with Crippen LogP contribution in [0.15, 0.2) is 20.1 Å². The number of hydrogen-bond acceptors (Lipinski definition) is 4. The molecule has 0 aromatic carbocycles. The second-order valence-electron chi connectivity index (χ2n) is 5.77. The summed E-state index contributed by atoms with van der Waals surface area (Å²) in [7, 11) is -3.37. The fourth-order valence-corrected chi connectivity index (χ4v) is 7.34. The van der Waals surface area contributed by atoms with Gasteiger partial charge < -0.3 is 5.32 Å². The van der Waals surface area contributed by atoms with Crippen LogP contribution in [0, 0.1) is 11.8 Å². The van der Waals surface area contributed by atoms with E-state index in [4.69, 9.17) is 0 Å². The van der Waals surface area contributed by atoms with Crippen molar-refractivity contribution in [2.24, 2.45) is 11.8 Å². The summed E-state index contributed by atoms with van der Waals surface area (Å²) >= 11 is 4.62. The van der Waals surface area contributed by atoms with Crippen molar-refractivity contribution in [2.75, 3.05) is 19.6 Å². The summed E-state index contributed by atoms with van der Waals surface area (Å²) in [5.41, 5.74) is -0.316. The standard InChI is InChI=1S/C12H17BrN2O2S2/c1-12(2)9-6-14-5-8(9)7-15(12)19(16,17)11-4-3-10(13)18-11/h3-4,8-9,14H,5-7H2,1-2H3. The molecule has 19 heavy (non-hydrogen) atoms. The fraction of sp³-hybridized carbons (Fsp3) is 0.667. The first kappa shape index (κ1) is 14.0. The Hall–Kier alpha value is 0.0500. The van der Waals surface area contributed by atoms with E-state index in [9.17, 15) is 8.42 Å². The monoisotopic (exact) mass is 364 g/mol. The van der Waals surface area contributed by atoms with Crippen molar-refractivity contribution in [2.45, 2.75) is 23.6 Å². The number of halogens is 1. The Kier molecular flexibility index (Phi) is 3.34. The van der Waals surface area contributed by atoms with Crippen LogP contribution in [-0.2, 0) is 10.0 Å². The van der Waals surface area contributed by atoms with Gasteiger partial charge >= 0.3 is 0 Å². The average molecular weight is 365 g/mol. The zero-order valence-electron chi connectivity index (χ0n) is 10.9. The van der Waals surface area contributed by atoms with Crippen LogP contribution >= 0.6 is 27.3 Å². The summed E-state index contributed by atoms with van der Waals surface area (Å²) in [5.74, 6) is 0.846. The van der Waals surface area contributed by atoms with Gasteiger partial charge in [-0.25, -0.2) is 8.42 Å². The number of fused-ring (bicyclic) bond motifs is 1. The van der Waals surface area contributed by atoms with Gasteiger partial charge in [-0.15, -0.1) is 11.3 Å². The molecule has 2 aliphatic rings. The molecule has 0 radical (unpaired) electrons. The number of nitrogens with one attached hydrogen (secondary N) is 1. The molecule has 2 aliphatic heterocycles. The molecule has 2 fully saturated rings. The highest BCUT2D eigenvalue weighted by Crippen LogP contribution is 2.44. The number of nitrogens with zero attached hydrogens (tertiary/aromatic N) is 1. The Labute approximate surface area is 126 Å². The van der Waals surface area contributed by atoms with Crippen molar-refractivity contribution >= 4 is 37.3 Å². The topological polar surface area (TPSA) is 49.4 Å². The largest absolute Gasteiger partial charge is 0.316 e. The molecule has 1 aromatic rings. The summed E-state index contributed by atoms with van der Waals surface area (Å²) in [6.45, 7) is 6.56. The van der Waals surface area contributed by atoms with Crippen LogP contribution in [0.3, 0.4) is 0 Å². The molecule has 7 heteroatoms. The van der Waals surface area contributed by atoms with Gasteiger partial charge in [-0.05, 0) is 60.3 Å². The maximum absolute atomic E-state index is 12.8. The molecule has 0 spiro atoms. The number of thiophene rings is 1. The van der Waals surface area contributed by atoms with Gasteiger partial charge in [0.15, 0.2) is 0 Å². The van der Waals surface area contributed by atoms with E-state index < -0.39 is 10.0 Å². The molecule has 0 bridgehead atoms. The first-order valence-corrected chi connectivity index (χ1v) is 9.37. The molecule has 2 atom stereocenters. The molecule has 0 saturated carbocycles. The summed E-state index contributed by atoms with van der Waals surface area (Å²) in [6.07, 6.45) is 0. The Morgan fingerprint density at radius 2 is 2.16 bits per heavy atom. The molecule has 0 amide bonds.